The summed E-state index contributed by atoms with van der Waals surface area (Å²) in [5.41, 5.74) is 2.23. The van der Waals surface area contributed by atoms with E-state index >= 15 is 0 Å². The number of nitrogens with zero attached hydrogens (tertiary/aromatic N) is 5. The van der Waals surface area contributed by atoms with Gasteiger partial charge in [0, 0.05) is 62.9 Å². The summed E-state index contributed by atoms with van der Waals surface area (Å²) < 4.78 is 1.62. The Bertz CT molecular complexity index is 1110. The molecule has 2 aromatic carbocycles. The third-order valence-electron chi connectivity index (χ3n) is 5.50. The van der Waals surface area contributed by atoms with Gasteiger partial charge in [-0.15, -0.1) is 0 Å². The van der Waals surface area contributed by atoms with Gasteiger partial charge in [-0.25, -0.2) is 4.79 Å². The van der Waals surface area contributed by atoms with Crippen LogP contribution < -0.4 is 15.5 Å². The van der Waals surface area contributed by atoms with Crippen molar-refractivity contribution in [3.63, 3.8) is 0 Å². The van der Waals surface area contributed by atoms with Crippen molar-refractivity contribution in [2.75, 3.05) is 63.2 Å². The molecule has 1 aliphatic rings. The Morgan fingerprint density at radius 3 is 2.50 bits per heavy atom. The van der Waals surface area contributed by atoms with E-state index in [1.165, 1.54) is 0 Å². The summed E-state index contributed by atoms with van der Waals surface area (Å²) in [6.45, 7) is 4.46. The first-order valence-electron chi connectivity index (χ1n) is 10.1. The molecule has 0 aliphatic carbocycles. The SMILES string of the molecule is CN(C)c1nc(=O)n(-c2cccc(N3CCN(CCO)CC3)c2)c2cc(Cl)ccc12. The number of benzene rings is 2. The second kappa shape index (κ2) is 8.63. The number of hydrogen-bond acceptors (Lipinski definition) is 6. The number of aromatic nitrogens is 2. The van der Waals surface area contributed by atoms with E-state index in [4.69, 9.17) is 16.7 Å². The third-order valence-corrected chi connectivity index (χ3v) is 5.73. The number of anilines is 2. The largest absolute Gasteiger partial charge is 0.395 e. The molecule has 7 nitrogen and oxygen atoms in total. The zero-order valence-electron chi connectivity index (χ0n) is 17.3. The summed E-state index contributed by atoms with van der Waals surface area (Å²) in [4.78, 5) is 23.7. The molecule has 1 aromatic heterocycles. The molecule has 0 saturated carbocycles. The zero-order chi connectivity index (χ0) is 21.3. The minimum absolute atomic E-state index is 0.185. The molecule has 1 N–H and O–H groups in total. The first-order valence-corrected chi connectivity index (χ1v) is 10.4. The van der Waals surface area contributed by atoms with Crippen LogP contribution in [0.2, 0.25) is 5.02 Å². The van der Waals surface area contributed by atoms with Gasteiger partial charge in [-0.3, -0.25) is 9.47 Å². The molecule has 1 fully saturated rings. The van der Waals surface area contributed by atoms with Gasteiger partial charge in [-0.1, -0.05) is 17.7 Å². The second-order valence-corrected chi connectivity index (χ2v) is 8.12. The molecule has 8 heteroatoms. The maximum atomic E-state index is 13.0. The molecule has 0 atom stereocenters. The molecule has 0 spiro atoms. The van der Waals surface area contributed by atoms with Gasteiger partial charge in [-0.2, -0.15) is 4.98 Å². The lowest BCUT2D eigenvalue weighted by molar-refractivity contribution is 0.189. The van der Waals surface area contributed by atoms with Crippen molar-refractivity contribution in [3.05, 3.63) is 58.0 Å². The number of aliphatic hydroxyl groups is 1. The minimum atomic E-state index is -0.335. The Morgan fingerprint density at radius 1 is 1.07 bits per heavy atom. The standard InChI is InChI=1S/C22H26ClN5O2/c1-25(2)21-19-7-6-16(23)14-20(19)28(22(30)24-21)18-5-3-4-17(15-18)27-10-8-26(9-11-27)12-13-29/h3-7,14-15,29H,8-13H2,1-2H3. The molecule has 0 amide bonds. The molecule has 0 radical (unpaired) electrons. The van der Waals surface area contributed by atoms with E-state index in [-0.39, 0.29) is 12.3 Å². The van der Waals surface area contributed by atoms with Crippen LogP contribution in [0, 0.1) is 0 Å². The average molecular weight is 428 g/mol. The summed E-state index contributed by atoms with van der Waals surface area (Å²) in [5.74, 6) is 0.624. The van der Waals surface area contributed by atoms with Crippen molar-refractivity contribution in [1.29, 1.82) is 0 Å². The van der Waals surface area contributed by atoms with Crippen LogP contribution in [0.1, 0.15) is 0 Å². The summed E-state index contributed by atoms with van der Waals surface area (Å²) in [6.07, 6.45) is 0. The van der Waals surface area contributed by atoms with E-state index in [2.05, 4.69) is 20.9 Å². The highest BCUT2D eigenvalue weighted by Crippen LogP contribution is 2.28. The van der Waals surface area contributed by atoms with Crippen molar-refractivity contribution < 1.29 is 5.11 Å². The molecule has 1 saturated heterocycles. The fourth-order valence-electron chi connectivity index (χ4n) is 3.97. The Balaban J connectivity index is 1.76. The van der Waals surface area contributed by atoms with E-state index in [1.54, 1.807) is 4.57 Å². The van der Waals surface area contributed by atoms with Gasteiger partial charge in [-0.05, 0) is 36.4 Å². The molecular weight excluding hydrogens is 402 g/mol. The summed E-state index contributed by atoms with van der Waals surface area (Å²) >= 11 is 6.27. The first-order chi connectivity index (χ1) is 14.5. The van der Waals surface area contributed by atoms with Gasteiger partial charge in [0.05, 0.1) is 17.8 Å². The fraction of sp³-hybridized carbons (Fsp3) is 0.364. The highest BCUT2D eigenvalue weighted by molar-refractivity contribution is 6.31. The van der Waals surface area contributed by atoms with E-state index in [0.29, 0.717) is 17.4 Å². The number of rotatable bonds is 5. The van der Waals surface area contributed by atoms with Gasteiger partial charge in [0.15, 0.2) is 0 Å². The molecule has 0 bridgehead atoms. The van der Waals surface area contributed by atoms with E-state index < -0.39 is 0 Å². The maximum absolute atomic E-state index is 13.0. The van der Waals surface area contributed by atoms with Crippen LogP contribution >= 0.6 is 11.6 Å². The van der Waals surface area contributed by atoms with Crippen LogP contribution in [0.15, 0.2) is 47.3 Å². The Labute approximate surface area is 180 Å². The van der Waals surface area contributed by atoms with Crippen LogP contribution in [-0.4, -0.2) is 73.0 Å². The third kappa shape index (κ3) is 4.01. The van der Waals surface area contributed by atoms with E-state index in [0.717, 1.165) is 48.5 Å². The van der Waals surface area contributed by atoms with Crippen molar-refractivity contribution >= 4 is 34.0 Å². The zero-order valence-corrected chi connectivity index (χ0v) is 18.0. The van der Waals surface area contributed by atoms with Gasteiger partial charge in [0.1, 0.15) is 5.82 Å². The van der Waals surface area contributed by atoms with Gasteiger partial charge in [0.2, 0.25) is 0 Å². The van der Waals surface area contributed by atoms with Crippen molar-refractivity contribution in [1.82, 2.24) is 14.5 Å². The first kappa shape index (κ1) is 20.7. The Hall–Kier alpha value is -2.61. The van der Waals surface area contributed by atoms with Crippen LogP contribution in [0.4, 0.5) is 11.5 Å². The van der Waals surface area contributed by atoms with Crippen molar-refractivity contribution in [2.24, 2.45) is 0 Å². The van der Waals surface area contributed by atoms with Crippen LogP contribution in [0.3, 0.4) is 0 Å². The van der Waals surface area contributed by atoms with E-state index in [9.17, 15) is 4.79 Å². The predicted octanol–water partition coefficient (Wildman–Crippen LogP) is 2.22. The predicted molar refractivity (Wildman–Crippen MR) is 122 cm³/mol. The molecule has 1 aliphatic heterocycles. The lowest BCUT2D eigenvalue weighted by Gasteiger charge is -2.36. The summed E-state index contributed by atoms with van der Waals surface area (Å²) in [5, 5.41) is 10.6. The molecular formula is C22H26ClN5O2. The number of piperazine rings is 1. The Kier molecular flexibility index (Phi) is 5.94. The smallest absolute Gasteiger partial charge is 0.354 e. The molecule has 4 rings (SSSR count). The Morgan fingerprint density at radius 2 is 1.80 bits per heavy atom. The number of hydrogen-bond donors (Lipinski definition) is 1. The monoisotopic (exact) mass is 427 g/mol. The summed E-state index contributed by atoms with van der Waals surface area (Å²) in [6, 6.07) is 13.5. The lowest BCUT2D eigenvalue weighted by atomic mass is 10.2. The number of β-amino-alcohol motifs (C(OH)–C–C–N with tert-alkyl or cyclic N) is 1. The molecule has 2 heterocycles. The van der Waals surface area contributed by atoms with Gasteiger partial charge < -0.3 is 14.9 Å². The second-order valence-electron chi connectivity index (χ2n) is 7.68. The van der Waals surface area contributed by atoms with Crippen LogP contribution in [-0.2, 0) is 0 Å². The maximum Gasteiger partial charge on any atom is 0.354 e. The van der Waals surface area contributed by atoms with Crippen LogP contribution in [0.25, 0.3) is 16.6 Å². The summed E-state index contributed by atoms with van der Waals surface area (Å²) in [7, 11) is 3.74. The fourth-order valence-corrected chi connectivity index (χ4v) is 4.14. The highest BCUT2D eigenvalue weighted by atomic mass is 35.5. The van der Waals surface area contributed by atoms with Gasteiger partial charge >= 0.3 is 5.69 Å². The highest BCUT2D eigenvalue weighted by Gasteiger charge is 2.18. The topological polar surface area (TPSA) is 64.8 Å². The minimum Gasteiger partial charge on any atom is -0.395 e. The average Bonchev–Trinajstić information content (AvgIpc) is 2.74. The molecule has 3 aromatic rings. The number of halogens is 1. The van der Waals surface area contributed by atoms with Gasteiger partial charge in [0.25, 0.3) is 0 Å². The lowest BCUT2D eigenvalue weighted by Crippen LogP contribution is -2.47. The van der Waals surface area contributed by atoms with E-state index in [1.807, 2.05) is 55.4 Å². The molecule has 0 unspecified atom stereocenters. The van der Waals surface area contributed by atoms with Crippen molar-refractivity contribution in [2.45, 2.75) is 0 Å². The molecule has 30 heavy (non-hydrogen) atoms. The van der Waals surface area contributed by atoms with Crippen molar-refractivity contribution in [3.8, 4) is 5.69 Å². The number of aliphatic hydroxyl groups excluding tert-OH is 1. The number of fused-ring (bicyclic) bond motifs is 1. The normalized spacial score (nSPS) is 15.0. The van der Waals surface area contributed by atoms with Crippen LogP contribution in [0.5, 0.6) is 0 Å². The quantitative estimate of drug-likeness (QED) is 0.673. The molecule has 158 valence electrons.